The lowest BCUT2D eigenvalue weighted by Gasteiger charge is -2.11. The summed E-state index contributed by atoms with van der Waals surface area (Å²) in [5.74, 6) is -0.00180. The van der Waals surface area contributed by atoms with Gasteiger partial charge in [0.2, 0.25) is 0 Å². The van der Waals surface area contributed by atoms with Crippen molar-refractivity contribution < 1.29 is 14.5 Å². The number of hydrogen-bond donors (Lipinski definition) is 0. The largest absolute Gasteiger partial charge is 0.426 e. The van der Waals surface area contributed by atoms with Crippen LogP contribution < -0.4 is 4.74 Å². The first-order valence-corrected chi connectivity index (χ1v) is 5.48. The molecule has 0 N–H and O–H groups in total. The minimum Gasteiger partial charge on any atom is -0.426 e. The molecule has 0 bridgehead atoms. The molecule has 0 fully saturated rings. The van der Waals surface area contributed by atoms with E-state index in [0.29, 0.717) is 24.2 Å². The zero-order valence-corrected chi connectivity index (χ0v) is 10.1. The highest BCUT2D eigenvalue weighted by Crippen LogP contribution is 2.31. The van der Waals surface area contributed by atoms with E-state index in [4.69, 9.17) is 4.74 Å². The van der Waals surface area contributed by atoms with Gasteiger partial charge in [-0.2, -0.15) is 0 Å². The van der Waals surface area contributed by atoms with Crippen LogP contribution in [-0.4, -0.2) is 10.9 Å². The standard InChI is InChI=1S/C12H15NO4/c1-4-9-10(5-2)12(17-8(3)14)7-6-11(9)13(15)16/h6-7H,4-5H2,1-3H3. The molecule has 0 saturated heterocycles. The van der Waals surface area contributed by atoms with Gasteiger partial charge in [0, 0.05) is 24.1 Å². The molecule has 0 atom stereocenters. The number of ether oxygens (including phenoxy) is 1. The lowest BCUT2D eigenvalue weighted by Crippen LogP contribution is -2.07. The Morgan fingerprint density at radius 2 is 1.88 bits per heavy atom. The number of esters is 1. The average Bonchev–Trinajstić information content (AvgIpc) is 2.26. The SMILES string of the molecule is CCc1c(OC(C)=O)ccc([N+](=O)[O-])c1CC. The van der Waals surface area contributed by atoms with Crippen molar-refractivity contribution in [3.05, 3.63) is 33.4 Å². The molecule has 92 valence electrons. The summed E-state index contributed by atoms with van der Waals surface area (Å²) in [7, 11) is 0. The molecule has 5 nitrogen and oxygen atoms in total. The third-order valence-electron chi connectivity index (χ3n) is 2.52. The lowest BCUT2D eigenvalue weighted by molar-refractivity contribution is -0.385. The molecule has 0 aromatic heterocycles. The third kappa shape index (κ3) is 2.81. The molecular weight excluding hydrogens is 222 g/mol. The van der Waals surface area contributed by atoms with Crippen LogP contribution in [0.2, 0.25) is 0 Å². The van der Waals surface area contributed by atoms with Gasteiger partial charge >= 0.3 is 5.97 Å². The highest BCUT2D eigenvalue weighted by atomic mass is 16.6. The van der Waals surface area contributed by atoms with E-state index in [1.165, 1.54) is 19.1 Å². The van der Waals surface area contributed by atoms with E-state index in [9.17, 15) is 14.9 Å². The van der Waals surface area contributed by atoms with Gasteiger partial charge in [0.1, 0.15) is 5.75 Å². The normalized spacial score (nSPS) is 10.1. The maximum absolute atomic E-state index is 10.9. The van der Waals surface area contributed by atoms with Gasteiger partial charge in [0.05, 0.1) is 4.92 Å². The molecule has 17 heavy (non-hydrogen) atoms. The molecule has 0 amide bonds. The average molecular weight is 237 g/mol. The van der Waals surface area contributed by atoms with Gasteiger partial charge in [0.25, 0.3) is 5.69 Å². The summed E-state index contributed by atoms with van der Waals surface area (Å²) in [6, 6.07) is 2.87. The van der Waals surface area contributed by atoms with Crippen LogP contribution in [0.15, 0.2) is 12.1 Å². The molecule has 0 heterocycles. The van der Waals surface area contributed by atoms with E-state index in [1.54, 1.807) is 0 Å². The van der Waals surface area contributed by atoms with Crippen LogP contribution in [0.25, 0.3) is 0 Å². The summed E-state index contributed by atoms with van der Waals surface area (Å²) in [5.41, 5.74) is 1.45. The number of nitrogens with zero attached hydrogens (tertiary/aromatic N) is 1. The Labute approximate surface area is 99.5 Å². The molecule has 1 rings (SSSR count). The Morgan fingerprint density at radius 1 is 1.29 bits per heavy atom. The quantitative estimate of drug-likeness (QED) is 0.349. The lowest BCUT2D eigenvalue weighted by atomic mass is 10.00. The van der Waals surface area contributed by atoms with Gasteiger partial charge in [-0.15, -0.1) is 0 Å². The van der Waals surface area contributed by atoms with Crippen molar-refractivity contribution in [2.45, 2.75) is 33.6 Å². The van der Waals surface area contributed by atoms with Gasteiger partial charge in [-0.25, -0.2) is 0 Å². The summed E-state index contributed by atoms with van der Waals surface area (Å²) < 4.78 is 5.05. The first-order chi connectivity index (χ1) is 8.01. The first kappa shape index (κ1) is 13.2. The molecule has 0 aliphatic rings. The Balaban J connectivity index is 3.37. The summed E-state index contributed by atoms with van der Waals surface area (Å²) >= 11 is 0. The predicted molar refractivity (Wildman–Crippen MR) is 63.2 cm³/mol. The molecule has 0 radical (unpaired) electrons. The summed E-state index contributed by atoms with van der Waals surface area (Å²) in [6.45, 7) is 5.04. The molecule has 0 unspecified atom stereocenters. The van der Waals surface area contributed by atoms with E-state index in [-0.39, 0.29) is 5.69 Å². The summed E-state index contributed by atoms with van der Waals surface area (Å²) in [4.78, 5) is 21.4. The molecule has 0 spiro atoms. The second kappa shape index (κ2) is 5.43. The Morgan fingerprint density at radius 3 is 2.29 bits per heavy atom. The van der Waals surface area contributed by atoms with Crippen molar-refractivity contribution in [2.24, 2.45) is 0 Å². The van der Waals surface area contributed by atoms with Gasteiger partial charge < -0.3 is 4.74 Å². The van der Waals surface area contributed by atoms with Crippen molar-refractivity contribution in [1.29, 1.82) is 0 Å². The van der Waals surface area contributed by atoms with Crippen molar-refractivity contribution in [3.8, 4) is 5.75 Å². The Bertz CT molecular complexity index is 454. The van der Waals surface area contributed by atoms with Gasteiger partial charge in [0.15, 0.2) is 0 Å². The predicted octanol–water partition coefficient (Wildman–Crippen LogP) is 2.64. The molecule has 0 aliphatic heterocycles. The van der Waals surface area contributed by atoms with E-state index in [1.807, 2.05) is 13.8 Å². The van der Waals surface area contributed by atoms with Crippen LogP contribution in [-0.2, 0) is 17.6 Å². The molecule has 0 aliphatic carbocycles. The van der Waals surface area contributed by atoms with E-state index in [2.05, 4.69) is 0 Å². The number of nitro benzene ring substituents is 1. The van der Waals surface area contributed by atoms with Crippen molar-refractivity contribution in [3.63, 3.8) is 0 Å². The maximum Gasteiger partial charge on any atom is 0.308 e. The zero-order chi connectivity index (χ0) is 13.0. The summed E-state index contributed by atoms with van der Waals surface area (Å²) in [6.07, 6.45) is 1.13. The van der Waals surface area contributed by atoms with Crippen LogP contribution in [0, 0.1) is 10.1 Å². The molecule has 1 aromatic carbocycles. The van der Waals surface area contributed by atoms with E-state index in [0.717, 1.165) is 5.56 Å². The van der Waals surface area contributed by atoms with Crippen molar-refractivity contribution in [1.82, 2.24) is 0 Å². The molecular formula is C12H15NO4. The van der Waals surface area contributed by atoms with Crippen LogP contribution in [0.5, 0.6) is 5.75 Å². The first-order valence-electron chi connectivity index (χ1n) is 5.48. The van der Waals surface area contributed by atoms with Crippen LogP contribution in [0.4, 0.5) is 5.69 Å². The fourth-order valence-electron chi connectivity index (χ4n) is 1.86. The number of benzene rings is 1. The van der Waals surface area contributed by atoms with Gasteiger partial charge in [-0.05, 0) is 18.9 Å². The zero-order valence-electron chi connectivity index (χ0n) is 10.1. The van der Waals surface area contributed by atoms with Crippen molar-refractivity contribution in [2.75, 3.05) is 0 Å². The fraction of sp³-hybridized carbons (Fsp3) is 0.417. The van der Waals surface area contributed by atoms with E-state index < -0.39 is 10.9 Å². The monoisotopic (exact) mass is 237 g/mol. The number of nitro groups is 1. The Kier molecular flexibility index (Phi) is 4.20. The molecule has 1 aromatic rings. The molecule has 0 saturated carbocycles. The van der Waals surface area contributed by atoms with Crippen LogP contribution >= 0.6 is 0 Å². The Hall–Kier alpha value is -1.91. The highest BCUT2D eigenvalue weighted by Gasteiger charge is 2.19. The van der Waals surface area contributed by atoms with Crippen LogP contribution in [0.1, 0.15) is 31.9 Å². The second-order valence-corrected chi connectivity index (χ2v) is 3.60. The number of carbonyl (C=O) groups is 1. The number of carbonyl (C=O) groups excluding carboxylic acids is 1. The van der Waals surface area contributed by atoms with Crippen molar-refractivity contribution >= 4 is 11.7 Å². The summed E-state index contributed by atoms with van der Waals surface area (Å²) in [5, 5.41) is 10.9. The third-order valence-corrected chi connectivity index (χ3v) is 2.52. The number of rotatable bonds is 4. The molecule has 5 heteroatoms. The number of hydrogen-bond acceptors (Lipinski definition) is 4. The van der Waals surface area contributed by atoms with Gasteiger partial charge in [-0.1, -0.05) is 13.8 Å². The fourth-order valence-corrected chi connectivity index (χ4v) is 1.86. The second-order valence-electron chi connectivity index (χ2n) is 3.60. The van der Waals surface area contributed by atoms with E-state index >= 15 is 0 Å². The maximum atomic E-state index is 10.9. The minimum absolute atomic E-state index is 0.0836. The van der Waals surface area contributed by atoms with Gasteiger partial charge in [-0.3, -0.25) is 14.9 Å². The minimum atomic E-state index is -0.421. The topological polar surface area (TPSA) is 69.4 Å². The highest BCUT2D eigenvalue weighted by molar-refractivity contribution is 5.70. The van der Waals surface area contributed by atoms with Crippen LogP contribution in [0.3, 0.4) is 0 Å². The smallest absolute Gasteiger partial charge is 0.308 e.